The van der Waals surface area contributed by atoms with E-state index in [1.807, 2.05) is 18.2 Å². The molecule has 0 aromatic heterocycles. The van der Waals surface area contributed by atoms with Gasteiger partial charge in [-0.05, 0) is 30.0 Å². The molecule has 0 spiro atoms. The molecule has 2 rings (SSSR count). The maximum Gasteiger partial charge on any atom is 0.326 e. The van der Waals surface area contributed by atoms with Crippen molar-refractivity contribution in [1.82, 2.24) is 5.32 Å². The van der Waals surface area contributed by atoms with E-state index in [0.29, 0.717) is 11.6 Å². The second-order valence-corrected chi connectivity index (χ2v) is 5.62. The average Bonchev–Trinajstić information content (AvgIpc) is 3.23. The van der Waals surface area contributed by atoms with Crippen molar-refractivity contribution in [3.8, 4) is 0 Å². The topological polar surface area (TPSA) is 75.6 Å². The van der Waals surface area contributed by atoms with Crippen LogP contribution in [0.5, 0.6) is 0 Å². The molecular formula is C15H18ClNO4. The first-order chi connectivity index (χ1) is 10.0. The quantitative estimate of drug-likeness (QED) is 0.808. The fraction of sp³-hybridized carbons (Fsp3) is 0.467. The Kier molecular flexibility index (Phi) is 5.20. The lowest BCUT2D eigenvalue weighted by Gasteiger charge is -2.14. The Morgan fingerprint density at radius 2 is 2.29 bits per heavy atom. The number of carbonyl (C=O) groups is 2. The molecule has 0 saturated heterocycles. The Morgan fingerprint density at radius 3 is 2.90 bits per heavy atom. The molecule has 0 aliphatic heterocycles. The van der Waals surface area contributed by atoms with Crippen LogP contribution in [0.4, 0.5) is 0 Å². The summed E-state index contributed by atoms with van der Waals surface area (Å²) in [5.74, 6) is -1.31. The number of nitrogens with one attached hydrogen (secondary N) is 1. The Balaban J connectivity index is 1.91. The minimum atomic E-state index is -1.04. The van der Waals surface area contributed by atoms with E-state index in [1.165, 1.54) is 7.11 Å². The van der Waals surface area contributed by atoms with Crippen molar-refractivity contribution in [2.24, 2.45) is 5.92 Å². The van der Waals surface area contributed by atoms with E-state index in [9.17, 15) is 9.59 Å². The Labute approximate surface area is 128 Å². The summed E-state index contributed by atoms with van der Waals surface area (Å²) in [6.07, 6.45) is 0.981. The number of hydrogen-bond acceptors (Lipinski definition) is 3. The molecule has 1 aliphatic carbocycles. The summed E-state index contributed by atoms with van der Waals surface area (Å²) in [5.41, 5.74) is 1.02. The summed E-state index contributed by atoms with van der Waals surface area (Å²) >= 11 is 5.93. The van der Waals surface area contributed by atoms with Crippen molar-refractivity contribution in [1.29, 1.82) is 0 Å². The first kappa shape index (κ1) is 15.8. The van der Waals surface area contributed by atoms with Crippen LogP contribution in [-0.4, -0.2) is 36.7 Å². The largest absolute Gasteiger partial charge is 0.480 e. The van der Waals surface area contributed by atoms with Crippen molar-refractivity contribution in [3.63, 3.8) is 0 Å². The molecule has 0 radical (unpaired) electrons. The Hall–Kier alpha value is -1.59. The van der Waals surface area contributed by atoms with Gasteiger partial charge in [0, 0.05) is 31.1 Å². The predicted molar refractivity (Wildman–Crippen MR) is 78.4 cm³/mol. The number of amides is 1. The number of methoxy groups -OCH3 is 1. The van der Waals surface area contributed by atoms with Gasteiger partial charge in [-0.25, -0.2) is 4.79 Å². The lowest BCUT2D eigenvalue weighted by molar-refractivity contribution is -0.142. The smallest absolute Gasteiger partial charge is 0.326 e. The third-order valence-electron chi connectivity index (χ3n) is 3.63. The molecule has 1 aromatic rings. The summed E-state index contributed by atoms with van der Waals surface area (Å²) in [6.45, 7) is 0.291. The van der Waals surface area contributed by atoms with Crippen LogP contribution >= 0.6 is 11.6 Å². The van der Waals surface area contributed by atoms with Gasteiger partial charge in [0.25, 0.3) is 0 Å². The molecule has 5 nitrogen and oxygen atoms in total. The van der Waals surface area contributed by atoms with E-state index in [-0.39, 0.29) is 24.2 Å². The summed E-state index contributed by atoms with van der Waals surface area (Å²) in [7, 11) is 1.50. The van der Waals surface area contributed by atoms with Gasteiger partial charge >= 0.3 is 5.97 Å². The number of halogens is 1. The van der Waals surface area contributed by atoms with Crippen LogP contribution in [0.1, 0.15) is 24.3 Å². The maximum atomic E-state index is 12.1. The van der Waals surface area contributed by atoms with Crippen LogP contribution in [0.3, 0.4) is 0 Å². The van der Waals surface area contributed by atoms with Crippen LogP contribution < -0.4 is 5.32 Å². The standard InChI is InChI=1S/C15H18ClNO4/c1-21-6-5-13(15(19)20)17-14(18)12-8-11(12)9-3-2-4-10(16)7-9/h2-4,7,11-13H,5-6,8H2,1H3,(H,17,18)(H,19,20). The molecule has 1 fully saturated rings. The highest BCUT2D eigenvalue weighted by molar-refractivity contribution is 6.30. The number of carbonyl (C=O) groups excluding carboxylic acids is 1. The van der Waals surface area contributed by atoms with Crippen molar-refractivity contribution in [3.05, 3.63) is 34.9 Å². The molecule has 1 amide bonds. The first-order valence-corrected chi connectivity index (χ1v) is 7.18. The van der Waals surface area contributed by atoms with Gasteiger partial charge in [0.1, 0.15) is 6.04 Å². The van der Waals surface area contributed by atoms with Gasteiger partial charge in [0.05, 0.1) is 0 Å². The molecule has 3 unspecified atom stereocenters. The van der Waals surface area contributed by atoms with E-state index in [0.717, 1.165) is 12.0 Å². The minimum Gasteiger partial charge on any atom is -0.480 e. The van der Waals surface area contributed by atoms with Gasteiger partial charge in [-0.3, -0.25) is 4.79 Å². The van der Waals surface area contributed by atoms with Crippen molar-refractivity contribution in [2.75, 3.05) is 13.7 Å². The highest BCUT2D eigenvalue weighted by Crippen LogP contribution is 2.48. The number of ether oxygens (including phenoxy) is 1. The minimum absolute atomic E-state index is 0.126. The van der Waals surface area contributed by atoms with E-state index < -0.39 is 12.0 Å². The van der Waals surface area contributed by atoms with Crippen LogP contribution in [0.15, 0.2) is 24.3 Å². The number of hydrogen-bond donors (Lipinski definition) is 2. The zero-order valence-electron chi connectivity index (χ0n) is 11.7. The lowest BCUT2D eigenvalue weighted by Crippen LogP contribution is -2.42. The molecule has 21 heavy (non-hydrogen) atoms. The second kappa shape index (κ2) is 6.91. The van der Waals surface area contributed by atoms with Gasteiger partial charge in [-0.2, -0.15) is 0 Å². The van der Waals surface area contributed by atoms with Gasteiger partial charge in [0.2, 0.25) is 5.91 Å². The van der Waals surface area contributed by atoms with Crippen molar-refractivity contribution < 1.29 is 19.4 Å². The number of benzene rings is 1. The molecule has 3 atom stereocenters. The number of aliphatic carboxylic acids is 1. The molecular weight excluding hydrogens is 294 g/mol. The zero-order valence-corrected chi connectivity index (χ0v) is 12.5. The van der Waals surface area contributed by atoms with E-state index in [4.69, 9.17) is 21.4 Å². The molecule has 2 N–H and O–H groups in total. The molecule has 1 aromatic carbocycles. The molecule has 1 saturated carbocycles. The average molecular weight is 312 g/mol. The fourth-order valence-electron chi connectivity index (χ4n) is 2.36. The van der Waals surface area contributed by atoms with Crippen molar-refractivity contribution >= 4 is 23.5 Å². The zero-order chi connectivity index (χ0) is 15.4. The molecule has 1 aliphatic rings. The monoisotopic (exact) mass is 311 g/mol. The number of rotatable bonds is 7. The third-order valence-corrected chi connectivity index (χ3v) is 3.86. The molecule has 0 bridgehead atoms. The molecule has 6 heteroatoms. The maximum absolute atomic E-state index is 12.1. The van der Waals surface area contributed by atoms with Gasteiger partial charge in [0.15, 0.2) is 0 Å². The van der Waals surface area contributed by atoms with Crippen LogP contribution in [0, 0.1) is 5.92 Å². The summed E-state index contributed by atoms with van der Waals surface area (Å²) in [4.78, 5) is 23.2. The molecule has 0 heterocycles. The second-order valence-electron chi connectivity index (χ2n) is 5.18. The van der Waals surface area contributed by atoms with Crippen LogP contribution in [-0.2, 0) is 14.3 Å². The van der Waals surface area contributed by atoms with Gasteiger partial charge in [-0.15, -0.1) is 0 Å². The van der Waals surface area contributed by atoms with Crippen LogP contribution in [0.2, 0.25) is 5.02 Å². The Bertz CT molecular complexity index is 534. The van der Waals surface area contributed by atoms with Crippen LogP contribution in [0.25, 0.3) is 0 Å². The number of carboxylic acids is 1. The van der Waals surface area contributed by atoms with Gasteiger partial charge < -0.3 is 15.2 Å². The van der Waals surface area contributed by atoms with Gasteiger partial charge in [-0.1, -0.05) is 23.7 Å². The summed E-state index contributed by atoms with van der Waals surface area (Å²) in [6, 6.07) is 6.51. The summed E-state index contributed by atoms with van der Waals surface area (Å²) in [5, 5.41) is 12.3. The van der Waals surface area contributed by atoms with E-state index in [1.54, 1.807) is 6.07 Å². The SMILES string of the molecule is COCCC(NC(=O)C1CC1c1cccc(Cl)c1)C(=O)O. The highest BCUT2D eigenvalue weighted by Gasteiger charge is 2.44. The van der Waals surface area contributed by atoms with Crippen molar-refractivity contribution in [2.45, 2.75) is 24.8 Å². The highest BCUT2D eigenvalue weighted by atomic mass is 35.5. The lowest BCUT2D eigenvalue weighted by atomic mass is 10.1. The van der Waals surface area contributed by atoms with E-state index >= 15 is 0 Å². The fourth-order valence-corrected chi connectivity index (χ4v) is 2.56. The number of carboxylic acid groups (broad SMARTS) is 1. The normalized spacial score (nSPS) is 21.6. The molecule has 114 valence electrons. The third kappa shape index (κ3) is 4.19. The Morgan fingerprint density at radius 1 is 1.52 bits per heavy atom. The van der Waals surface area contributed by atoms with E-state index in [2.05, 4.69) is 5.32 Å². The predicted octanol–water partition coefficient (Wildman–Crippen LogP) is 2.05. The summed E-state index contributed by atoms with van der Waals surface area (Å²) < 4.78 is 4.85. The first-order valence-electron chi connectivity index (χ1n) is 6.80.